The van der Waals surface area contributed by atoms with Crippen molar-refractivity contribution >= 4 is 22.1 Å². The topological polar surface area (TPSA) is 110 Å². The molecule has 1 rings (SSSR count). The van der Waals surface area contributed by atoms with Gasteiger partial charge in [0.15, 0.2) is 0 Å². The van der Waals surface area contributed by atoms with E-state index in [2.05, 4.69) is 0 Å². The molecule has 0 bridgehead atoms. The minimum atomic E-state index is -4.74. The Morgan fingerprint density at radius 1 is 1.05 bits per heavy atom. The summed E-state index contributed by atoms with van der Waals surface area (Å²) in [6.07, 6.45) is 0. The first-order chi connectivity index (χ1) is 9.31. The number of hydrogen-bond donors (Lipinski definition) is 0. The van der Waals surface area contributed by atoms with E-state index in [9.17, 15) is 22.6 Å². The summed E-state index contributed by atoms with van der Waals surface area (Å²) in [6, 6.07) is 2.80. The second-order valence-electron chi connectivity index (χ2n) is 3.60. The van der Waals surface area contributed by atoms with Crippen LogP contribution in [0.15, 0.2) is 23.1 Å². The van der Waals surface area contributed by atoms with Crippen molar-refractivity contribution in [2.24, 2.45) is 0 Å². The van der Waals surface area contributed by atoms with Crippen LogP contribution >= 0.6 is 0 Å². The van der Waals surface area contributed by atoms with Crippen molar-refractivity contribution in [2.75, 3.05) is 13.2 Å². The molecule has 0 saturated heterocycles. The molecule has 0 unspecified atom stereocenters. The third kappa shape index (κ3) is 5.40. The fraction of sp³-hybridized carbons (Fsp3) is 0.333. The summed E-state index contributed by atoms with van der Waals surface area (Å²) in [6.45, 7) is 3.26. The van der Waals surface area contributed by atoms with Crippen molar-refractivity contribution in [2.45, 2.75) is 18.7 Å². The maximum absolute atomic E-state index is 11.7. The quantitative estimate of drug-likeness (QED) is 0.348. The maximum atomic E-state index is 11.7. The average molecular weight is 324 g/mol. The van der Waals surface area contributed by atoms with Gasteiger partial charge in [-0.05, 0) is 32.0 Å². The molecule has 0 atom stereocenters. The first kappa shape index (κ1) is 20.1. The van der Waals surface area contributed by atoms with Gasteiger partial charge in [-0.1, -0.05) is 0 Å². The van der Waals surface area contributed by atoms with Gasteiger partial charge >= 0.3 is 41.5 Å². The van der Waals surface area contributed by atoms with Crippen molar-refractivity contribution < 1.29 is 61.6 Å². The molecule has 21 heavy (non-hydrogen) atoms. The Morgan fingerprint density at radius 2 is 1.52 bits per heavy atom. The van der Waals surface area contributed by atoms with E-state index in [-0.39, 0.29) is 53.9 Å². The Labute approximate surface area is 144 Å². The van der Waals surface area contributed by atoms with E-state index in [1.54, 1.807) is 13.8 Å². The summed E-state index contributed by atoms with van der Waals surface area (Å²) >= 11 is 0. The van der Waals surface area contributed by atoms with Crippen molar-refractivity contribution in [3.63, 3.8) is 0 Å². The van der Waals surface area contributed by atoms with E-state index in [1.807, 2.05) is 0 Å². The molecular formula is C12H13NaO7S. The monoisotopic (exact) mass is 324 g/mol. The number of carbonyl (C=O) groups excluding carboxylic acids is 2. The largest absolute Gasteiger partial charge is 1.00 e. The second kappa shape index (κ2) is 8.50. The van der Waals surface area contributed by atoms with Crippen LogP contribution < -0.4 is 29.6 Å². The molecule has 0 spiro atoms. The summed E-state index contributed by atoms with van der Waals surface area (Å²) in [7, 11) is -4.74. The number of carbonyl (C=O) groups is 2. The van der Waals surface area contributed by atoms with Crippen LogP contribution in [0.1, 0.15) is 34.6 Å². The molecule has 0 fully saturated rings. The molecule has 0 radical (unpaired) electrons. The number of ether oxygens (including phenoxy) is 2. The summed E-state index contributed by atoms with van der Waals surface area (Å²) in [5.41, 5.74) is -0.472. The SMILES string of the molecule is CCOC(=O)c1ccc(S(=O)(=O)[O-])cc1C(=O)OCC.[Na+]. The Balaban J connectivity index is 0.00000400. The zero-order valence-electron chi connectivity index (χ0n) is 11.9. The number of benzene rings is 1. The summed E-state index contributed by atoms with van der Waals surface area (Å²) in [4.78, 5) is 22.8. The zero-order chi connectivity index (χ0) is 15.3. The van der Waals surface area contributed by atoms with Gasteiger partial charge < -0.3 is 14.0 Å². The Hall–Kier alpha value is -0.930. The molecule has 0 saturated carbocycles. The molecule has 0 N–H and O–H groups in total. The van der Waals surface area contributed by atoms with E-state index in [0.717, 1.165) is 18.2 Å². The van der Waals surface area contributed by atoms with Gasteiger partial charge in [0, 0.05) is 0 Å². The molecule has 9 heteroatoms. The number of rotatable bonds is 5. The van der Waals surface area contributed by atoms with Gasteiger partial charge in [-0.2, -0.15) is 0 Å². The van der Waals surface area contributed by atoms with Crippen molar-refractivity contribution in [3.05, 3.63) is 29.3 Å². The molecule has 0 aromatic heterocycles. The second-order valence-corrected chi connectivity index (χ2v) is 4.98. The smallest absolute Gasteiger partial charge is 0.744 e. The van der Waals surface area contributed by atoms with Crippen molar-refractivity contribution in [1.82, 2.24) is 0 Å². The Kier molecular flexibility index (Phi) is 8.12. The predicted octanol–water partition coefficient (Wildman–Crippen LogP) is -2.05. The molecule has 1 aromatic rings. The minimum absolute atomic E-state index is 0. The van der Waals surface area contributed by atoms with Gasteiger partial charge in [0.2, 0.25) is 0 Å². The third-order valence-corrected chi connectivity index (χ3v) is 3.10. The first-order valence-electron chi connectivity index (χ1n) is 5.75. The standard InChI is InChI=1S/C12H14O7S.Na/c1-3-18-11(13)9-6-5-8(20(15,16)17)7-10(9)12(14)19-4-2;/h5-7H,3-4H2,1-2H3,(H,15,16,17);/q;+1/p-1. The predicted molar refractivity (Wildman–Crippen MR) is 66.3 cm³/mol. The Bertz CT molecular complexity index is 624. The summed E-state index contributed by atoms with van der Waals surface area (Å²) in [5.74, 6) is -1.70. The van der Waals surface area contributed by atoms with Crippen LogP contribution in [-0.2, 0) is 19.6 Å². The normalized spacial score (nSPS) is 10.4. The van der Waals surface area contributed by atoms with Gasteiger partial charge in [-0.15, -0.1) is 0 Å². The van der Waals surface area contributed by atoms with Crippen molar-refractivity contribution in [3.8, 4) is 0 Å². The van der Waals surface area contributed by atoms with Gasteiger partial charge in [0.25, 0.3) is 0 Å². The van der Waals surface area contributed by atoms with Crippen LogP contribution in [0.2, 0.25) is 0 Å². The number of hydrogen-bond acceptors (Lipinski definition) is 7. The molecule has 0 aliphatic carbocycles. The Morgan fingerprint density at radius 3 is 1.95 bits per heavy atom. The van der Waals surface area contributed by atoms with Crippen LogP contribution in [0.4, 0.5) is 0 Å². The van der Waals surface area contributed by atoms with Gasteiger partial charge in [-0.25, -0.2) is 18.0 Å². The molecule has 110 valence electrons. The molecule has 0 aliphatic heterocycles. The van der Waals surface area contributed by atoms with Crippen LogP contribution in [-0.4, -0.2) is 38.1 Å². The van der Waals surface area contributed by atoms with Crippen LogP contribution in [0.25, 0.3) is 0 Å². The van der Waals surface area contributed by atoms with E-state index < -0.39 is 27.0 Å². The van der Waals surface area contributed by atoms with Crippen molar-refractivity contribution in [1.29, 1.82) is 0 Å². The summed E-state index contributed by atoms with van der Waals surface area (Å²) < 4.78 is 42.3. The molecule has 0 aliphatic rings. The molecule has 0 heterocycles. The molecule has 1 aromatic carbocycles. The molecular weight excluding hydrogens is 311 g/mol. The van der Waals surface area contributed by atoms with Gasteiger partial charge in [0.1, 0.15) is 10.1 Å². The van der Waals surface area contributed by atoms with Gasteiger partial charge in [0.05, 0.1) is 29.2 Å². The zero-order valence-corrected chi connectivity index (χ0v) is 14.7. The van der Waals surface area contributed by atoms with E-state index in [4.69, 9.17) is 9.47 Å². The summed E-state index contributed by atoms with van der Waals surface area (Å²) in [5, 5.41) is 0. The third-order valence-electron chi connectivity index (χ3n) is 2.27. The van der Waals surface area contributed by atoms with Gasteiger partial charge in [-0.3, -0.25) is 0 Å². The average Bonchev–Trinajstić information content (AvgIpc) is 2.37. The fourth-order valence-electron chi connectivity index (χ4n) is 1.44. The maximum Gasteiger partial charge on any atom is 1.00 e. The molecule has 7 nitrogen and oxygen atoms in total. The van der Waals surface area contributed by atoms with E-state index >= 15 is 0 Å². The number of esters is 2. The first-order valence-corrected chi connectivity index (χ1v) is 7.16. The minimum Gasteiger partial charge on any atom is -0.744 e. The fourth-order valence-corrected chi connectivity index (χ4v) is 1.94. The van der Waals surface area contributed by atoms with Crippen LogP contribution in [0, 0.1) is 0 Å². The molecule has 0 amide bonds. The van der Waals surface area contributed by atoms with E-state index in [1.165, 1.54) is 0 Å². The van der Waals surface area contributed by atoms with E-state index in [0.29, 0.717) is 0 Å². The van der Waals surface area contributed by atoms with Crippen LogP contribution in [0.3, 0.4) is 0 Å². The van der Waals surface area contributed by atoms with Crippen LogP contribution in [0.5, 0.6) is 0 Å².